The van der Waals surface area contributed by atoms with Crippen LogP contribution in [0.2, 0.25) is 0 Å². The van der Waals surface area contributed by atoms with Gasteiger partial charge in [-0.3, -0.25) is 0 Å². The number of rotatable bonds is 0. The smallest absolute Gasteiger partial charge is 0.145 e. The molecule has 0 unspecified atom stereocenters. The van der Waals surface area contributed by atoms with Gasteiger partial charge in [-0.1, -0.05) is 0 Å². The van der Waals surface area contributed by atoms with Crippen molar-refractivity contribution in [2.75, 3.05) is 36.0 Å². The van der Waals surface area contributed by atoms with Crippen LogP contribution in [-0.4, -0.2) is 36.4 Å². The highest BCUT2D eigenvalue weighted by molar-refractivity contribution is 7.99. The first-order valence-corrected chi connectivity index (χ1v) is 7.11. The van der Waals surface area contributed by atoms with Crippen LogP contribution in [0, 0.1) is 6.92 Å². The van der Waals surface area contributed by atoms with Gasteiger partial charge in [-0.2, -0.15) is 0 Å². The molecule has 2 aliphatic heterocycles. The van der Waals surface area contributed by atoms with Crippen LogP contribution in [-0.2, 0) is 0 Å². The summed E-state index contributed by atoms with van der Waals surface area (Å²) in [6, 6.07) is 2.76. The number of aromatic nitrogens is 1. The zero-order chi connectivity index (χ0) is 11.8. The summed E-state index contributed by atoms with van der Waals surface area (Å²) >= 11 is 1.91. The quantitative estimate of drug-likeness (QED) is 0.726. The Morgan fingerprint density at radius 3 is 3.35 bits per heavy atom. The number of nitrogens with zero attached hydrogens (tertiary/aromatic N) is 2. The second-order valence-electron chi connectivity index (χ2n) is 4.70. The lowest BCUT2D eigenvalue weighted by Crippen LogP contribution is -2.51. The van der Waals surface area contributed by atoms with E-state index in [4.69, 9.17) is 5.73 Å². The fraction of sp³-hybridized carbons (Fsp3) is 0.583. The molecule has 3 N–H and O–H groups in total. The number of nitrogens with one attached hydrogen (secondary N) is 1. The van der Waals surface area contributed by atoms with Gasteiger partial charge < -0.3 is 16.0 Å². The third kappa shape index (κ3) is 1.98. The highest BCUT2D eigenvalue weighted by Gasteiger charge is 2.28. The molecule has 1 atom stereocenters. The Morgan fingerprint density at radius 1 is 1.59 bits per heavy atom. The van der Waals surface area contributed by atoms with Crippen LogP contribution >= 0.6 is 11.8 Å². The highest BCUT2D eigenvalue weighted by atomic mass is 32.2. The Labute approximate surface area is 106 Å². The lowest BCUT2D eigenvalue weighted by atomic mass is 10.1. The first-order chi connectivity index (χ1) is 8.25. The van der Waals surface area contributed by atoms with E-state index in [9.17, 15) is 0 Å². The van der Waals surface area contributed by atoms with E-state index in [0.29, 0.717) is 11.9 Å². The Bertz CT molecular complexity index is 435. The van der Waals surface area contributed by atoms with Crippen molar-refractivity contribution in [3.05, 3.63) is 11.6 Å². The maximum absolute atomic E-state index is 5.95. The monoisotopic (exact) mass is 250 g/mol. The van der Waals surface area contributed by atoms with Crippen LogP contribution in [0.5, 0.6) is 0 Å². The van der Waals surface area contributed by atoms with Crippen molar-refractivity contribution in [1.82, 2.24) is 10.3 Å². The van der Waals surface area contributed by atoms with Crippen LogP contribution in [0.25, 0.3) is 0 Å². The zero-order valence-corrected chi connectivity index (χ0v) is 10.9. The standard InChI is InChI=1S/C12H18N4S/c1-8-6-10-12(15-11(8)13)16-4-3-14-7-9(16)2-5-17-10/h6,9,14H,2-5,7H2,1H3,(H2,13,15)/t9-/m1/s1. The van der Waals surface area contributed by atoms with E-state index in [1.807, 2.05) is 18.7 Å². The van der Waals surface area contributed by atoms with Gasteiger partial charge in [0.1, 0.15) is 11.6 Å². The Kier molecular flexibility index (Phi) is 2.88. The van der Waals surface area contributed by atoms with Gasteiger partial charge in [0.25, 0.3) is 0 Å². The SMILES string of the molecule is Cc1cc2c(nc1N)N1CCNC[C@H]1CCS2. The zero-order valence-electron chi connectivity index (χ0n) is 10.1. The first kappa shape index (κ1) is 11.2. The molecule has 4 nitrogen and oxygen atoms in total. The Balaban J connectivity index is 2.05. The molecule has 1 saturated heterocycles. The van der Waals surface area contributed by atoms with E-state index in [1.165, 1.54) is 17.1 Å². The molecule has 5 heteroatoms. The van der Waals surface area contributed by atoms with E-state index < -0.39 is 0 Å². The first-order valence-electron chi connectivity index (χ1n) is 6.13. The minimum Gasteiger partial charge on any atom is -0.383 e. The number of thioether (sulfide) groups is 1. The van der Waals surface area contributed by atoms with Crippen molar-refractivity contribution in [1.29, 1.82) is 0 Å². The van der Waals surface area contributed by atoms with E-state index >= 15 is 0 Å². The number of hydrogen-bond donors (Lipinski definition) is 2. The summed E-state index contributed by atoms with van der Waals surface area (Å²) in [7, 11) is 0. The van der Waals surface area contributed by atoms with Crippen molar-refractivity contribution < 1.29 is 0 Å². The summed E-state index contributed by atoms with van der Waals surface area (Å²) in [5.41, 5.74) is 7.04. The molecule has 0 aromatic carbocycles. The van der Waals surface area contributed by atoms with Crippen LogP contribution in [0.3, 0.4) is 0 Å². The second kappa shape index (κ2) is 4.38. The van der Waals surface area contributed by atoms with Crippen LogP contribution in [0.1, 0.15) is 12.0 Å². The van der Waals surface area contributed by atoms with Crippen LogP contribution in [0.4, 0.5) is 11.6 Å². The summed E-state index contributed by atoms with van der Waals surface area (Å²) < 4.78 is 0. The normalized spacial score (nSPS) is 23.8. The van der Waals surface area contributed by atoms with Crippen LogP contribution < -0.4 is 16.0 Å². The number of hydrogen-bond acceptors (Lipinski definition) is 5. The third-order valence-corrected chi connectivity index (χ3v) is 4.58. The second-order valence-corrected chi connectivity index (χ2v) is 5.84. The number of aryl methyl sites for hydroxylation is 1. The number of nitrogens with two attached hydrogens (primary N) is 1. The van der Waals surface area contributed by atoms with Gasteiger partial charge in [0.15, 0.2) is 0 Å². The van der Waals surface area contributed by atoms with Gasteiger partial charge in [0.2, 0.25) is 0 Å². The van der Waals surface area contributed by atoms with Gasteiger partial charge in [-0.05, 0) is 25.0 Å². The van der Waals surface area contributed by atoms with Gasteiger partial charge in [0.05, 0.1) is 4.90 Å². The summed E-state index contributed by atoms with van der Waals surface area (Å²) in [4.78, 5) is 8.34. The molecule has 0 aliphatic carbocycles. The molecule has 3 heterocycles. The minimum atomic E-state index is 0.576. The van der Waals surface area contributed by atoms with Gasteiger partial charge >= 0.3 is 0 Å². The lowest BCUT2D eigenvalue weighted by Gasteiger charge is -2.36. The van der Waals surface area contributed by atoms with Gasteiger partial charge in [-0.15, -0.1) is 11.8 Å². The average molecular weight is 250 g/mol. The van der Waals surface area contributed by atoms with Crippen LogP contribution in [0.15, 0.2) is 11.0 Å². The van der Waals surface area contributed by atoms with E-state index in [-0.39, 0.29) is 0 Å². The summed E-state index contributed by atoms with van der Waals surface area (Å²) in [5, 5.41) is 3.46. The number of pyridine rings is 1. The minimum absolute atomic E-state index is 0.576. The number of fused-ring (bicyclic) bond motifs is 3. The maximum Gasteiger partial charge on any atom is 0.145 e. The molecular weight excluding hydrogens is 232 g/mol. The average Bonchev–Trinajstić information content (AvgIpc) is 2.50. The molecule has 1 fully saturated rings. The van der Waals surface area contributed by atoms with Gasteiger partial charge in [-0.25, -0.2) is 4.98 Å². The largest absolute Gasteiger partial charge is 0.383 e. The Morgan fingerprint density at radius 2 is 2.47 bits per heavy atom. The van der Waals surface area contributed by atoms with Crippen molar-refractivity contribution in [2.45, 2.75) is 24.3 Å². The topological polar surface area (TPSA) is 54.2 Å². The van der Waals surface area contributed by atoms with E-state index in [1.54, 1.807) is 0 Å². The summed E-state index contributed by atoms with van der Waals surface area (Å²) in [5.74, 6) is 2.94. The molecule has 0 radical (unpaired) electrons. The van der Waals surface area contributed by atoms with Crippen molar-refractivity contribution in [3.63, 3.8) is 0 Å². The number of piperazine rings is 1. The lowest BCUT2D eigenvalue weighted by molar-refractivity contribution is 0.465. The molecule has 0 amide bonds. The molecule has 92 valence electrons. The molecule has 1 aromatic rings. The maximum atomic E-state index is 5.95. The molecule has 2 aliphatic rings. The summed E-state index contributed by atoms with van der Waals surface area (Å²) in [6.07, 6.45) is 1.22. The predicted octanol–water partition coefficient (Wildman–Crippen LogP) is 1.25. The molecule has 3 rings (SSSR count). The van der Waals surface area contributed by atoms with Crippen molar-refractivity contribution >= 4 is 23.4 Å². The molecule has 17 heavy (non-hydrogen) atoms. The van der Waals surface area contributed by atoms with E-state index in [2.05, 4.69) is 21.3 Å². The fourth-order valence-corrected chi connectivity index (χ4v) is 3.67. The molecule has 0 saturated carbocycles. The number of anilines is 2. The summed E-state index contributed by atoms with van der Waals surface area (Å²) in [6.45, 7) is 5.17. The molecule has 1 aromatic heterocycles. The van der Waals surface area contributed by atoms with Gasteiger partial charge in [0, 0.05) is 31.4 Å². The molecular formula is C12H18N4S. The number of nitrogen functional groups attached to an aromatic ring is 1. The van der Waals surface area contributed by atoms with Crippen molar-refractivity contribution in [2.24, 2.45) is 0 Å². The molecule has 0 bridgehead atoms. The van der Waals surface area contributed by atoms with Crippen molar-refractivity contribution in [3.8, 4) is 0 Å². The third-order valence-electron chi connectivity index (χ3n) is 3.53. The Hall–Kier alpha value is -0.940. The fourth-order valence-electron chi connectivity index (χ4n) is 2.51. The highest BCUT2D eigenvalue weighted by Crippen LogP contribution is 2.36. The molecule has 0 spiro atoms. The predicted molar refractivity (Wildman–Crippen MR) is 72.7 cm³/mol. The van der Waals surface area contributed by atoms with E-state index in [0.717, 1.165) is 31.0 Å².